The summed E-state index contributed by atoms with van der Waals surface area (Å²) >= 11 is 6.29. The van der Waals surface area contributed by atoms with E-state index in [1.54, 1.807) is 42.5 Å². The van der Waals surface area contributed by atoms with Crippen LogP contribution in [-0.2, 0) is 19.9 Å². The van der Waals surface area contributed by atoms with Gasteiger partial charge in [0.1, 0.15) is 5.54 Å². The molecule has 0 aliphatic carbocycles. The third-order valence-corrected chi connectivity index (χ3v) is 7.20. The quantitative estimate of drug-likeness (QED) is 0.738. The van der Waals surface area contributed by atoms with Crippen molar-refractivity contribution < 1.29 is 14.4 Å². The van der Waals surface area contributed by atoms with E-state index in [1.165, 1.54) is 4.90 Å². The molecule has 29 heavy (non-hydrogen) atoms. The van der Waals surface area contributed by atoms with Gasteiger partial charge < -0.3 is 5.32 Å². The van der Waals surface area contributed by atoms with Gasteiger partial charge in [-0.15, -0.1) is 0 Å². The van der Waals surface area contributed by atoms with Gasteiger partial charge in [0.15, 0.2) is 0 Å². The molecule has 1 spiro atoms. The van der Waals surface area contributed by atoms with Crippen molar-refractivity contribution in [1.29, 1.82) is 0 Å². The third-order valence-electron chi connectivity index (χ3n) is 6.97. The number of halogens is 1. The van der Waals surface area contributed by atoms with Crippen molar-refractivity contribution in [1.82, 2.24) is 4.90 Å². The summed E-state index contributed by atoms with van der Waals surface area (Å²) in [5.74, 6) is -2.02. The Bertz CT molecular complexity index is 1090. The standard InChI is InChI=1S/C22H18ClN3O3/c23-12-8-9-15-14(11-12)22(21(29)24-15)18-17(16-7-4-10-25(16)22)19(27)26(20(18)28)13-5-2-1-3-6-13/h1-3,5-6,8-9,11,16-18H,4,7,10H2,(H,24,29)/t16-,17+,18-,22+/m1/s1. The Labute approximate surface area is 172 Å². The molecule has 0 unspecified atom stereocenters. The molecule has 2 aromatic carbocycles. The minimum Gasteiger partial charge on any atom is -0.324 e. The fourth-order valence-electron chi connectivity index (χ4n) is 6.01. The molecule has 3 saturated heterocycles. The second-order valence-corrected chi connectivity index (χ2v) is 8.60. The van der Waals surface area contributed by atoms with Gasteiger partial charge in [0.25, 0.3) is 0 Å². The van der Waals surface area contributed by atoms with E-state index >= 15 is 0 Å². The van der Waals surface area contributed by atoms with Crippen molar-refractivity contribution in [2.75, 3.05) is 16.8 Å². The summed E-state index contributed by atoms with van der Waals surface area (Å²) in [5.41, 5.74) is 0.762. The Kier molecular flexibility index (Phi) is 3.36. The summed E-state index contributed by atoms with van der Waals surface area (Å²) in [6, 6.07) is 14.1. The number of imide groups is 1. The van der Waals surface area contributed by atoms with Crippen LogP contribution in [0.1, 0.15) is 18.4 Å². The van der Waals surface area contributed by atoms with E-state index in [2.05, 4.69) is 10.2 Å². The smallest absolute Gasteiger partial charge is 0.250 e. The number of anilines is 2. The van der Waals surface area contributed by atoms with E-state index in [1.807, 2.05) is 6.07 Å². The molecule has 0 saturated carbocycles. The van der Waals surface area contributed by atoms with Gasteiger partial charge >= 0.3 is 0 Å². The van der Waals surface area contributed by atoms with Crippen LogP contribution in [0.3, 0.4) is 0 Å². The number of fused-ring (bicyclic) bond motifs is 7. The Balaban J connectivity index is 1.58. The number of nitrogens with one attached hydrogen (secondary N) is 1. The average Bonchev–Trinajstić information content (AvgIpc) is 3.41. The number of carbonyl (C=O) groups excluding carboxylic acids is 3. The van der Waals surface area contributed by atoms with Gasteiger partial charge in [0, 0.05) is 22.3 Å². The molecule has 4 atom stereocenters. The Morgan fingerprint density at radius 1 is 1.03 bits per heavy atom. The second kappa shape index (κ2) is 5.68. The van der Waals surface area contributed by atoms with Crippen molar-refractivity contribution in [2.45, 2.75) is 24.4 Å². The summed E-state index contributed by atoms with van der Waals surface area (Å²) in [5, 5.41) is 3.46. The predicted octanol–water partition coefficient (Wildman–Crippen LogP) is 2.77. The number of carbonyl (C=O) groups is 3. The van der Waals surface area contributed by atoms with Crippen LogP contribution in [-0.4, -0.2) is 35.2 Å². The van der Waals surface area contributed by atoms with E-state index < -0.39 is 17.4 Å². The average molecular weight is 408 g/mol. The number of amides is 3. The lowest BCUT2D eigenvalue weighted by molar-refractivity contribution is -0.135. The SMILES string of the molecule is O=C1[C@H]2[C@H]3CCCN3[C@]3(C(=O)Nc4ccc(Cl)cc43)[C@H]2C(=O)N1c1ccccc1. The largest absolute Gasteiger partial charge is 0.324 e. The van der Waals surface area contributed by atoms with E-state index in [-0.39, 0.29) is 23.8 Å². The molecule has 4 aliphatic heterocycles. The van der Waals surface area contributed by atoms with Crippen LogP contribution in [0, 0.1) is 11.8 Å². The van der Waals surface area contributed by atoms with Gasteiger partial charge in [-0.2, -0.15) is 0 Å². The maximum absolute atomic E-state index is 13.7. The molecule has 4 aliphatic rings. The Hall–Kier alpha value is -2.70. The highest BCUT2D eigenvalue weighted by Gasteiger charge is 2.74. The van der Waals surface area contributed by atoms with Crippen LogP contribution in [0.5, 0.6) is 0 Å². The summed E-state index contributed by atoms with van der Waals surface area (Å²) in [4.78, 5) is 44.0. The monoisotopic (exact) mass is 407 g/mol. The minimum absolute atomic E-state index is 0.124. The van der Waals surface area contributed by atoms with Gasteiger partial charge in [-0.05, 0) is 49.7 Å². The predicted molar refractivity (Wildman–Crippen MR) is 107 cm³/mol. The maximum Gasteiger partial charge on any atom is 0.250 e. The first-order chi connectivity index (χ1) is 14.0. The minimum atomic E-state index is -1.18. The zero-order valence-corrected chi connectivity index (χ0v) is 16.2. The second-order valence-electron chi connectivity index (χ2n) is 8.16. The third kappa shape index (κ3) is 1.93. The molecule has 0 radical (unpaired) electrons. The van der Waals surface area contributed by atoms with E-state index in [0.29, 0.717) is 28.5 Å². The number of rotatable bonds is 1. The summed E-state index contributed by atoms with van der Waals surface area (Å²) in [6.07, 6.45) is 1.69. The molecule has 7 heteroatoms. The Morgan fingerprint density at radius 2 is 1.83 bits per heavy atom. The molecule has 3 amide bonds. The van der Waals surface area contributed by atoms with Crippen LogP contribution in [0.15, 0.2) is 48.5 Å². The van der Waals surface area contributed by atoms with Crippen molar-refractivity contribution in [3.8, 4) is 0 Å². The summed E-state index contributed by atoms with van der Waals surface area (Å²) in [6.45, 7) is 0.683. The highest BCUT2D eigenvalue weighted by atomic mass is 35.5. The number of hydrogen-bond donors (Lipinski definition) is 1. The van der Waals surface area contributed by atoms with E-state index in [0.717, 1.165) is 12.8 Å². The molecule has 146 valence electrons. The van der Waals surface area contributed by atoms with Crippen molar-refractivity contribution in [3.63, 3.8) is 0 Å². The van der Waals surface area contributed by atoms with Gasteiger partial charge in [0.05, 0.1) is 17.5 Å². The normalized spacial score (nSPS) is 32.7. The van der Waals surface area contributed by atoms with E-state index in [4.69, 9.17) is 11.6 Å². The first-order valence-electron chi connectivity index (χ1n) is 9.86. The molecular weight excluding hydrogens is 390 g/mol. The highest BCUT2D eigenvalue weighted by Crippen LogP contribution is 2.60. The lowest BCUT2D eigenvalue weighted by Crippen LogP contribution is -2.54. The Morgan fingerprint density at radius 3 is 2.62 bits per heavy atom. The van der Waals surface area contributed by atoms with Gasteiger partial charge in [0.2, 0.25) is 17.7 Å². The number of benzene rings is 2. The van der Waals surface area contributed by atoms with Gasteiger partial charge in [-0.25, -0.2) is 4.90 Å². The van der Waals surface area contributed by atoms with Crippen LogP contribution in [0.25, 0.3) is 0 Å². The zero-order chi connectivity index (χ0) is 19.9. The highest BCUT2D eigenvalue weighted by molar-refractivity contribution is 6.31. The zero-order valence-electron chi connectivity index (χ0n) is 15.5. The number of hydrogen-bond acceptors (Lipinski definition) is 4. The summed E-state index contributed by atoms with van der Waals surface area (Å²) < 4.78 is 0. The molecule has 6 nitrogen and oxygen atoms in total. The van der Waals surface area contributed by atoms with Gasteiger partial charge in [-0.3, -0.25) is 19.3 Å². The maximum atomic E-state index is 13.7. The summed E-state index contributed by atoms with van der Waals surface area (Å²) in [7, 11) is 0. The lowest BCUT2D eigenvalue weighted by atomic mass is 9.75. The molecule has 4 heterocycles. The molecule has 3 fully saturated rings. The molecular formula is C22H18ClN3O3. The molecule has 2 aromatic rings. The van der Waals surface area contributed by atoms with Crippen molar-refractivity contribution in [3.05, 3.63) is 59.1 Å². The fraction of sp³-hybridized carbons (Fsp3) is 0.318. The van der Waals surface area contributed by atoms with Crippen LogP contribution in [0.4, 0.5) is 11.4 Å². The topological polar surface area (TPSA) is 69.7 Å². The number of nitrogens with zero attached hydrogens (tertiary/aromatic N) is 2. The van der Waals surface area contributed by atoms with Gasteiger partial charge in [-0.1, -0.05) is 29.8 Å². The number of para-hydroxylation sites is 1. The molecule has 1 N–H and O–H groups in total. The first kappa shape index (κ1) is 17.2. The molecule has 0 bridgehead atoms. The van der Waals surface area contributed by atoms with Crippen LogP contribution in [0.2, 0.25) is 5.02 Å². The van der Waals surface area contributed by atoms with Crippen molar-refractivity contribution >= 4 is 40.7 Å². The molecule has 0 aromatic heterocycles. The fourth-order valence-corrected chi connectivity index (χ4v) is 6.18. The van der Waals surface area contributed by atoms with E-state index in [9.17, 15) is 14.4 Å². The molecule has 6 rings (SSSR count). The van der Waals surface area contributed by atoms with Crippen LogP contribution >= 0.6 is 11.6 Å². The van der Waals surface area contributed by atoms with Crippen molar-refractivity contribution in [2.24, 2.45) is 11.8 Å². The lowest BCUT2D eigenvalue weighted by Gasteiger charge is -2.36. The van der Waals surface area contributed by atoms with Crippen LogP contribution < -0.4 is 10.2 Å². The first-order valence-corrected chi connectivity index (χ1v) is 10.2.